The van der Waals surface area contributed by atoms with Crippen LogP contribution in [0.1, 0.15) is 24.2 Å². The van der Waals surface area contributed by atoms with Gasteiger partial charge in [0.2, 0.25) is 5.91 Å². The van der Waals surface area contributed by atoms with Gasteiger partial charge in [-0.15, -0.1) is 0 Å². The zero-order valence-electron chi connectivity index (χ0n) is 17.7. The van der Waals surface area contributed by atoms with Gasteiger partial charge in [0, 0.05) is 50.5 Å². The summed E-state index contributed by atoms with van der Waals surface area (Å²) < 4.78 is 0. The summed E-state index contributed by atoms with van der Waals surface area (Å²) in [7, 11) is 0. The van der Waals surface area contributed by atoms with Crippen LogP contribution < -0.4 is 10.2 Å². The van der Waals surface area contributed by atoms with Gasteiger partial charge in [0.1, 0.15) is 5.75 Å². The first-order valence-electron chi connectivity index (χ1n) is 10.5. The quantitative estimate of drug-likeness (QED) is 0.734. The molecule has 2 N–H and O–H groups in total. The first-order chi connectivity index (χ1) is 14.5. The number of carbonyl (C=O) groups is 2. The molecule has 1 aliphatic rings. The summed E-state index contributed by atoms with van der Waals surface area (Å²) >= 11 is 0. The van der Waals surface area contributed by atoms with Crippen LogP contribution in [0.4, 0.5) is 11.4 Å². The Morgan fingerprint density at radius 3 is 2.20 bits per heavy atom. The van der Waals surface area contributed by atoms with Gasteiger partial charge in [0.25, 0.3) is 5.91 Å². The second-order valence-corrected chi connectivity index (χ2v) is 7.35. The van der Waals surface area contributed by atoms with Crippen molar-refractivity contribution in [1.29, 1.82) is 0 Å². The third-order valence-corrected chi connectivity index (χ3v) is 5.43. The second kappa shape index (κ2) is 10.1. The fourth-order valence-electron chi connectivity index (χ4n) is 3.67. The molecule has 2 aromatic rings. The van der Waals surface area contributed by atoms with E-state index in [9.17, 15) is 14.7 Å². The number of para-hydroxylation sites is 2. The molecule has 7 nitrogen and oxygen atoms in total. The first-order valence-corrected chi connectivity index (χ1v) is 10.5. The minimum Gasteiger partial charge on any atom is -0.506 e. The molecule has 0 aliphatic carbocycles. The van der Waals surface area contributed by atoms with Crippen LogP contribution >= 0.6 is 0 Å². The predicted octanol–water partition coefficient (Wildman–Crippen LogP) is 2.63. The van der Waals surface area contributed by atoms with E-state index in [2.05, 4.69) is 15.1 Å². The first kappa shape index (κ1) is 21.6. The molecular weight excluding hydrogens is 380 g/mol. The number of piperazine rings is 1. The molecule has 2 aromatic carbocycles. The lowest BCUT2D eigenvalue weighted by molar-refractivity contribution is -0.117. The molecule has 0 unspecified atom stereocenters. The number of phenols is 1. The van der Waals surface area contributed by atoms with E-state index in [1.165, 1.54) is 0 Å². The molecule has 2 amide bonds. The van der Waals surface area contributed by atoms with Crippen LogP contribution in [0, 0.1) is 0 Å². The summed E-state index contributed by atoms with van der Waals surface area (Å²) in [6.07, 6.45) is 0. The van der Waals surface area contributed by atoms with Crippen molar-refractivity contribution in [1.82, 2.24) is 9.80 Å². The molecule has 3 rings (SSSR count). The van der Waals surface area contributed by atoms with Crippen molar-refractivity contribution < 1.29 is 14.7 Å². The Kier molecular flexibility index (Phi) is 7.30. The Balaban J connectivity index is 1.48. The topological polar surface area (TPSA) is 76.1 Å². The molecular formula is C23H30N4O3. The summed E-state index contributed by atoms with van der Waals surface area (Å²) in [5, 5.41) is 12.9. The van der Waals surface area contributed by atoms with Crippen LogP contribution in [0.15, 0.2) is 48.5 Å². The van der Waals surface area contributed by atoms with Gasteiger partial charge in [0.15, 0.2) is 0 Å². The number of anilines is 2. The minimum absolute atomic E-state index is 0.000185. The van der Waals surface area contributed by atoms with E-state index in [4.69, 9.17) is 0 Å². The maximum absolute atomic E-state index is 12.4. The molecule has 1 aliphatic heterocycles. The lowest BCUT2D eigenvalue weighted by atomic mass is 10.1. The van der Waals surface area contributed by atoms with Crippen LogP contribution in [-0.2, 0) is 4.79 Å². The van der Waals surface area contributed by atoms with Gasteiger partial charge >= 0.3 is 0 Å². The molecule has 0 bridgehead atoms. The van der Waals surface area contributed by atoms with Crippen LogP contribution in [-0.4, -0.2) is 72.5 Å². The highest BCUT2D eigenvalue weighted by molar-refractivity contribution is 5.96. The van der Waals surface area contributed by atoms with Crippen molar-refractivity contribution in [3.8, 4) is 5.75 Å². The highest BCUT2D eigenvalue weighted by atomic mass is 16.3. The van der Waals surface area contributed by atoms with E-state index in [1.807, 2.05) is 32.0 Å². The Labute approximate surface area is 177 Å². The minimum atomic E-state index is -0.0752. The number of carbonyl (C=O) groups excluding carboxylic acids is 2. The number of benzene rings is 2. The number of amides is 2. The number of rotatable bonds is 7. The van der Waals surface area contributed by atoms with Crippen molar-refractivity contribution in [2.45, 2.75) is 13.8 Å². The van der Waals surface area contributed by atoms with Crippen molar-refractivity contribution in [3.05, 3.63) is 54.1 Å². The molecule has 1 saturated heterocycles. The molecule has 7 heteroatoms. The molecule has 0 saturated carbocycles. The SMILES string of the molecule is CCN(CC)C(=O)c1ccc(NC(=O)CN2CCN(c3ccccc3O)CC2)cc1. The van der Waals surface area contributed by atoms with E-state index in [0.717, 1.165) is 31.9 Å². The van der Waals surface area contributed by atoms with Gasteiger partial charge in [-0.1, -0.05) is 12.1 Å². The normalized spacial score (nSPS) is 14.4. The zero-order valence-corrected chi connectivity index (χ0v) is 17.7. The molecule has 0 atom stereocenters. The average Bonchev–Trinajstić information content (AvgIpc) is 2.76. The van der Waals surface area contributed by atoms with Crippen LogP contribution in [0.25, 0.3) is 0 Å². The lowest BCUT2D eigenvalue weighted by Gasteiger charge is -2.35. The maximum atomic E-state index is 12.4. The van der Waals surface area contributed by atoms with Gasteiger partial charge in [-0.2, -0.15) is 0 Å². The number of hydrogen-bond acceptors (Lipinski definition) is 5. The number of phenolic OH excluding ortho intramolecular Hbond substituents is 1. The Bertz CT molecular complexity index is 857. The van der Waals surface area contributed by atoms with Gasteiger partial charge in [-0.3, -0.25) is 14.5 Å². The Morgan fingerprint density at radius 2 is 1.60 bits per heavy atom. The predicted molar refractivity (Wildman–Crippen MR) is 119 cm³/mol. The van der Waals surface area contributed by atoms with Crippen LogP contribution in [0.2, 0.25) is 0 Å². The van der Waals surface area contributed by atoms with E-state index in [1.54, 1.807) is 35.2 Å². The van der Waals surface area contributed by atoms with Crippen molar-refractivity contribution in [3.63, 3.8) is 0 Å². The fraction of sp³-hybridized carbons (Fsp3) is 0.391. The van der Waals surface area contributed by atoms with Gasteiger partial charge < -0.3 is 20.2 Å². The second-order valence-electron chi connectivity index (χ2n) is 7.35. The number of nitrogens with zero attached hydrogens (tertiary/aromatic N) is 3. The number of hydrogen-bond donors (Lipinski definition) is 2. The third-order valence-electron chi connectivity index (χ3n) is 5.43. The summed E-state index contributed by atoms with van der Waals surface area (Å²) in [4.78, 5) is 30.8. The largest absolute Gasteiger partial charge is 0.506 e. The van der Waals surface area contributed by atoms with Crippen LogP contribution in [0.3, 0.4) is 0 Å². The molecule has 0 spiro atoms. The number of nitrogens with one attached hydrogen (secondary N) is 1. The molecule has 0 aromatic heterocycles. The molecule has 0 radical (unpaired) electrons. The highest BCUT2D eigenvalue weighted by Gasteiger charge is 2.21. The molecule has 1 heterocycles. The lowest BCUT2D eigenvalue weighted by Crippen LogP contribution is -2.48. The smallest absolute Gasteiger partial charge is 0.253 e. The highest BCUT2D eigenvalue weighted by Crippen LogP contribution is 2.27. The monoisotopic (exact) mass is 410 g/mol. The van der Waals surface area contributed by atoms with E-state index in [0.29, 0.717) is 30.9 Å². The van der Waals surface area contributed by atoms with Crippen molar-refractivity contribution >= 4 is 23.2 Å². The van der Waals surface area contributed by atoms with Crippen molar-refractivity contribution in [2.24, 2.45) is 0 Å². The van der Waals surface area contributed by atoms with Gasteiger partial charge in [-0.05, 0) is 50.2 Å². The Morgan fingerprint density at radius 1 is 0.967 bits per heavy atom. The van der Waals surface area contributed by atoms with E-state index in [-0.39, 0.29) is 17.6 Å². The zero-order chi connectivity index (χ0) is 21.5. The number of aromatic hydroxyl groups is 1. The van der Waals surface area contributed by atoms with E-state index >= 15 is 0 Å². The van der Waals surface area contributed by atoms with Crippen molar-refractivity contribution in [2.75, 3.05) is 56.0 Å². The molecule has 1 fully saturated rings. The fourth-order valence-corrected chi connectivity index (χ4v) is 3.67. The Hall–Kier alpha value is -3.06. The third kappa shape index (κ3) is 5.30. The summed E-state index contributed by atoms with van der Waals surface area (Å²) in [6, 6.07) is 14.4. The summed E-state index contributed by atoms with van der Waals surface area (Å²) in [5.41, 5.74) is 2.14. The average molecular weight is 411 g/mol. The maximum Gasteiger partial charge on any atom is 0.253 e. The standard InChI is InChI=1S/C23H30N4O3/c1-3-26(4-2)23(30)18-9-11-19(12-10-18)24-22(29)17-25-13-15-27(16-14-25)20-7-5-6-8-21(20)28/h5-12,28H,3-4,13-17H2,1-2H3,(H,24,29). The molecule has 160 valence electrons. The van der Waals surface area contributed by atoms with Gasteiger partial charge in [-0.25, -0.2) is 0 Å². The molecule has 30 heavy (non-hydrogen) atoms. The van der Waals surface area contributed by atoms with E-state index < -0.39 is 0 Å². The summed E-state index contributed by atoms with van der Waals surface area (Å²) in [5.74, 6) is 0.209. The van der Waals surface area contributed by atoms with Crippen LogP contribution in [0.5, 0.6) is 5.75 Å². The summed E-state index contributed by atoms with van der Waals surface area (Å²) in [6.45, 7) is 8.58. The van der Waals surface area contributed by atoms with Gasteiger partial charge in [0.05, 0.1) is 12.2 Å².